The smallest absolute Gasteiger partial charge is 0.161 e. The van der Waals surface area contributed by atoms with Gasteiger partial charge in [0.05, 0.1) is 24.9 Å². The van der Waals surface area contributed by atoms with Gasteiger partial charge in [-0.2, -0.15) is 0 Å². The third kappa shape index (κ3) is 4.39. The van der Waals surface area contributed by atoms with E-state index in [1.165, 1.54) is 18.4 Å². The molecular weight excluding hydrogens is 374 g/mol. The highest BCUT2D eigenvalue weighted by Crippen LogP contribution is 2.40. The fourth-order valence-electron chi connectivity index (χ4n) is 4.39. The number of nitrogens with one attached hydrogen (secondary N) is 1. The number of aryl methyl sites for hydroxylation is 1. The molecule has 1 fully saturated rings. The van der Waals surface area contributed by atoms with Gasteiger partial charge in [-0.25, -0.2) is 0 Å². The second-order valence-electron chi connectivity index (χ2n) is 8.35. The zero-order valence-corrected chi connectivity index (χ0v) is 17.8. The molecule has 0 bridgehead atoms. The zero-order chi connectivity index (χ0) is 21.0. The summed E-state index contributed by atoms with van der Waals surface area (Å²) in [6, 6.07) is 14.2. The van der Waals surface area contributed by atoms with Crippen LogP contribution in [-0.4, -0.2) is 18.3 Å². The van der Waals surface area contributed by atoms with Crippen molar-refractivity contribution >= 4 is 0 Å². The van der Waals surface area contributed by atoms with E-state index in [2.05, 4.69) is 30.4 Å². The predicted octanol–water partition coefficient (Wildman–Crippen LogP) is 5.32. The molecule has 30 heavy (non-hydrogen) atoms. The first-order valence-corrected chi connectivity index (χ1v) is 10.8. The number of aliphatic hydroxyl groups excluding tert-OH is 1. The van der Waals surface area contributed by atoms with Crippen LogP contribution in [0.4, 0.5) is 0 Å². The van der Waals surface area contributed by atoms with Gasteiger partial charge in [-0.15, -0.1) is 0 Å². The lowest BCUT2D eigenvalue weighted by Gasteiger charge is -2.36. The fourth-order valence-corrected chi connectivity index (χ4v) is 4.39. The molecule has 2 aliphatic rings. The van der Waals surface area contributed by atoms with Crippen molar-refractivity contribution in [2.75, 3.05) is 7.11 Å². The largest absolute Gasteiger partial charge is 0.493 e. The summed E-state index contributed by atoms with van der Waals surface area (Å²) in [4.78, 5) is 0. The number of methoxy groups -OCH3 is 1. The molecule has 1 saturated carbocycles. The van der Waals surface area contributed by atoms with Crippen LogP contribution in [0.2, 0.25) is 0 Å². The molecule has 2 N–H and O–H groups in total. The summed E-state index contributed by atoms with van der Waals surface area (Å²) in [6.45, 7) is 2.05. The maximum atomic E-state index is 11.0. The highest BCUT2D eigenvalue weighted by Gasteiger charge is 2.33. The normalized spacial score (nSPS) is 22.0. The molecule has 0 spiro atoms. The van der Waals surface area contributed by atoms with Gasteiger partial charge in [0, 0.05) is 6.42 Å². The van der Waals surface area contributed by atoms with Crippen molar-refractivity contribution in [2.45, 2.75) is 56.8 Å². The second kappa shape index (κ2) is 8.97. The molecule has 4 rings (SSSR count). The number of benzene rings is 2. The van der Waals surface area contributed by atoms with Crippen molar-refractivity contribution in [3.05, 3.63) is 83.6 Å². The van der Waals surface area contributed by atoms with Gasteiger partial charge in [0.1, 0.15) is 0 Å². The first kappa shape index (κ1) is 20.5. The summed E-state index contributed by atoms with van der Waals surface area (Å²) in [5, 5.41) is 14.5. The quantitative estimate of drug-likeness (QED) is 0.655. The van der Waals surface area contributed by atoms with Gasteiger partial charge >= 0.3 is 0 Å². The number of allylic oxidation sites excluding steroid dienone is 2. The van der Waals surface area contributed by atoms with E-state index in [9.17, 15) is 5.11 Å². The van der Waals surface area contributed by atoms with Gasteiger partial charge < -0.3 is 19.9 Å². The van der Waals surface area contributed by atoms with E-state index in [1.54, 1.807) is 7.11 Å². The molecule has 2 unspecified atom stereocenters. The Balaban J connectivity index is 1.65. The molecule has 4 heteroatoms. The number of hydrogen-bond donors (Lipinski definition) is 2. The van der Waals surface area contributed by atoms with Crippen LogP contribution in [0.25, 0.3) is 0 Å². The van der Waals surface area contributed by atoms with Gasteiger partial charge in [-0.1, -0.05) is 48.0 Å². The fraction of sp³-hybridized carbons (Fsp3) is 0.385. The Hall–Kier alpha value is -2.72. The standard InChI is InChI=1S/C26H31NO3/c1-19-9-11-20(12-10-19)23(28)18-26(15-5-6-16-27-26)21-13-14-24(29-2)25(17-21)30-22-7-3-4-8-22/h5-6,9-17,22-23,27-28H,3-4,7-8,18H2,1-2H3. The lowest BCUT2D eigenvalue weighted by Crippen LogP contribution is -2.40. The first-order chi connectivity index (χ1) is 14.6. The van der Waals surface area contributed by atoms with Gasteiger partial charge in [0.15, 0.2) is 11.5 Å². The van der Waals surface area contributed by atoms with Crippen LogP contribution in [0.1, 0.15) is 54.9 Å². The molecule has 0 radical (unpaired) electrons. The molecule has 0 aromatic heterocycles. The maximum Gasteiger partial charge on any atom is 0.161 e. The Morgan fingerprint density at radius 1 is 1.07 bits per heavy atom. The van der Waals surface area contributed by atoms with E-state index in [-0.39, 0.29) is 6.10 Å². The van der Waals surface area contributed by atoms with Crippen LogP contribution in [0.15, 0.2) is 66.9 Å². The Morgan fingerprint density at radius 2 is 1.83 bits per heavy atom. The van der Waals surface area contributed by atoms with Crippen LogP contribution in [0.5, 0.6) is 11.5 Å². The van der Waals surface area contributed by atoms with Crippen molar-refractivity contribution in [3.63, 3.8) is 0 Å². The van der Waals surface area contributed by atoms with E-state index in [0.29, 0.717) is 6.42 Å². The summed E-state index contributed by atoms with van der Waals surface area (Å²) in [6.07, 6.45) is 12.8. The zero-order valence-electron chi connectivity index (χ0n) is 17.8. The topological polar surface area (TPSA) is 50.7 Å². The Kier molecular flexibility index (Phi) is 6.14. The average Bonchev–Trinajstić information content (AvgIpc) is 3.28. The third-order valence-electron chi connectivity index (χ3n) is 6.18. The molecule has 1 aliphatic carbocycles. The molecular formula is C26H31NO3. The van der Waals surface area contributed by atoms with Gasteiger partial charge in [0.25, 0.3) is 0 Å². The van der Waals surface area contributed by atoms with Crippen molar-refractivity contribution in [1.82, 2.24) is 5.32 Å². The first-order valence-electron chi connectivity index (χ1n) is 10.8. The van der Waals surface area contributed by atoms with Gasteiger partial charge in [-0.05, 0) is 68.1 Å². The van der Waals surface area contributed by atoms with Crippen molar-refractivity contribution in [3.8, 4) is 11.5 Å². The Bertz CT molecular complexity index is 912. The van der Waals surface area contributed by atoms with E-state index >= 15 is 0 Å². The number of aliphatic hydroxyl groups is 1. The van der Waals surface area contributed by atoms with E-state index in [1.807, 2.05) is 48.7 Å². The van der Waals surface area contributed by atoms with Crippen molar-refractivity contribution in [2.24, 2.45) is 0 Å². The third-order valence-corrected chi connectivity index (χ3v) is 6.18. The van der Waals surface area contributed by atoms with Crippen LogP contribution < -0.4 is 14.8 Å². The monoisotopic (exact) mass is 405 g/mol. The summed E-state index contributed by atoms with van der Waals surface area (Å²) < 4.78 is 11.9. The van der Waals surface area contributed by atoms with Gasteiger partial charge in [0.2, 0.25) is 0 Å². The molecule has 0 amide bonds. The highest BCUT2D eigenvalue weighted by molar-refractivity contribution is 5.47. The summed E-state index contributed by atoms with van der Waals surface area (Å²) >= 11 is 0. The molecule has 0 saturated heterocycles. The van der Waals surface area contributed by atoms with Crippen molar-refractivity contribution < 1.29 is 14.6 Å². The minimum absolute atomic E-state index is 0.248. The van der Waals surface area contributed by atoms with Gasteiger partial charge in [-0.3, -0.25) is 0 Å². The Morgan fingerprint density at radius 3 is 2.50 bits per heavy atom. The van der Waals surface area contributed by atoms with Crippen LogP contribution in [-0.2, 0) is 5.54 Å². The molecule has 1 heterocycles. The molecule has 2 aromatic rings. The number of ether oxygens (including phenoxy) is 2. The summed E-state index contributed by atoms with van der Waals surface area (Å²) in [5.74, 6) is 1.52. The minimum Gasteiger partial charge on any atom is -0.493 e. The lowest BCUT2D eigenvalue weighted by atomic mass is 9.81. The second-order valence-corrected chi connectivity index (χ2v) is 8.35. The maximum absolute atomic E-state index is 11.0. The number of dihydropyridines is 1. The van der Waals surface area contributed by atoms with E-state index in [4.69, 9.17) is 9.47 Å². The summed E-state index contributed by atoms with van der Waals surface area (Å²) in [7, 11) is 1.68. The molecule has 158 valence electrons. The van der Waals surface area contributed by atoms with Crippen LogP contribution in [0.3, 0.4) is 0 Å². The highest BCUT2D eigenvalue weighted by atomic mass is 16.5. The van der Waals surface area contributed by atoms with Crippen LogP contribution in [0, 0.1) is 6.92 Å². The van der Waals surface area contributed by atoms with E-state index < -0.39 is 11.6 Å². The SMILES string of the molecule is COc1ccc(C2(CC(O)c3ccc(C)cc3)C=CC=CN2)cc1OC1CCCC1. The van der Waals surface area contributed by atoms with Crippen LogP contribution >= 0.6 is 0 Å². The lowest BCUT2D eigenvalue weighted by molar-refractivity contribution is 0.136. The predicted molar refractivity (Wildman–Crippen MR) is 120 cm³/mol. The average molecular weight is 406 g/mol. The Labute approximate surface area is 179 Å². The number of rotatable bonds is 7. The van der Waals surface area contributed by atoms with Crippen molar-refractivity contribution in [1.29, 1.82) is 0 Å². The molecule has 4 nitrogen and oxygen atoms in total. The molecule has 2 atom stereocenters. The number of hydrogen-bond acceptors (Lipinski definition) is 4. The molecule has 1 aliphatic heterocycles. The van der Waals surface area contributed by atoms with E-state index in [0.717, 1.165) is 35.5 Å². The summed E-state index contributed by atoms with van der Waals surface area (Å²) in [5.41, 5.74) is 2.62. The molecule has 2 aromatic carbocycles. The minimum atomic E-state index is -0.601.